The SMILES string of the molecule is CSCCC(C(=O)NC(C)(C)C(=O)NC(CNC(CC(C)C)C(=O)O)Cc1ccccc1)N(CC(N)Cc1ccc2ccccc2c1)C(C)=O. The Morgan fingerprint density at radius 1 is 0.920 bits per heavy atom. The summed E-state index contributed by atoms with van der Waals surface area (Å²) in [6, 6.07) is 21.4. The molecule has 6 N–H and O–H groups in total. The van der Waals surface area contributed by atoms with Crippen molar-refractivity contribution in [1.82, 2.24) is 20.9 Å². The zero-order chi connectivity index (χ0) is 36.8. The Balaban J connectivity index is 1.74. The first-order valence-corrected chi connectivity index (χ1v) is 18.7. The normalized spacial score (nSPS) is 14.1. The van der Waals surface area contributed by atoms with E-state index in [1.165, 1.54) is 11.8 Å². The van der Waals surface area contributed by atoms with Crippen LogP contribution in [0.5, 0.6) is 0 Å². The molecule has 0 saturated heterocycles. The maximum absolute atomic E-state index is 14.0. The second-order valence-electron chi connectivity index (χ2n) is 14.0. The lowest BCUT2D eigenvalue weighted by Gasteiger charge is -2.35. The van der Waals surface area contributed by atoms with E-state index in [9.17, 15) is 24.3 Å². The van der Waals surface area contributed by atoms with Gasteiger partial charge in [-0.2, -0.15) is 11.8 Å². The van der Waals surface area contributed by atoms with E-state index in [4.69, 9.17) is 5.73 Å². The molecular weight excluding hydrogens is 651 g/mol. The summed E-state index contributed by atoms with van der Waals surface area (Å²) < 4.78 is 0. The van der Waals surface area contributed by atoms with Crippen molar-refractivity contribution in [3.63, 3.8) is 0 Å². The molecule has 4 unspecified atom stereocenters. The smallest absolute Gasteiger partial charge is 0.320 e. The topological polar surface area (TPSA) is 154 Å². The van der Waals surface area contributed by atoms with Crippen molar-refractivity contribution < 1.29 is 24.3 Å². The second-order valence-corrected chi connectivity index (χ2v) is 15.0. The van der Waals surface area contributed by atoms with Gasteiger partial charge in [0.1, 0.15) is 17.6 Å². The van der Waals surface area contributed by atoms with Crippen LogP contribution in [0.15, 0.2) is 72.8 Å². The fraction of sp³-hybridized carbons (Fsp3) is 0.487. The average Bonchev–Trinajstić information content (AvgIpc) is 3.05. The van der Waals surface area contributed by atoms with E-state index in [2.05, 4.69) is 34.1 Å². The minimum atomic E-state index is -1.34. The lowest BCUT2D eigenvalue weighted by Crippen LogP contribution is -2.62. The molecule has 4 atom stereocenters. The molecule has 0 radical (unpaired) electrons. The number of carbonyl (C=O) groups excluding carboxylic acids is 3. The number of carboxylic acids is 1. The summed E-state index contributed by atoms with van der Waals surface area (Å²) >= 11 is 1.57. The molecular formula is C39H55N5O5S. The number of carboxylic acid groups (broad SMARTS) is 1. The molecule has 0 heterocycles. The predicted octanol–water partition coefficient (Wildman–Crippen LogP) is 4.39. The highest BCUT2D eigenvalue weighted by atomic mass is 32.2. The number of nitrogens with two attached hydrogens (primary N) is 1. The largest absolute Gasteiger partial charge is 0.480 e. The molecule has 3 amide bonds. The van der Waals surface area contributed by atoms with Crippen LogP contribution in [-0.2, 0) is 32.0 Å². The number of carbonyl (C=O) groups is 4. The van der Waals surface area contributed by atoms with Crippen LogP contribution in [0, 0.1) is 5.92 Å². The van der Waals surface area contributed by atoms with Crippen LogP contribution in [0.3, 0.4) is 0 Å². The van der Waals surface area contributed by atoms with Crippen LogP contribution in [-0.4, -0.2) is 88.5 Å². The number of nitrogens with one attached hydrogen (secondary N) is 3. The van der Waals surface area contributed by atoms with Gasteiger partial charge in [-0.3, -0.25) is 19.2 Å². The molecule has 3 rings (SSSR count). The van der Waals surface area contributed by atoms with Gasteiger partial charge < -0.3 is 31.7 Å². The number of rotatable bonds is 20. The quantitative estimate of drug-likeness (QED) is 0.116. The van der Waals surface area contributed by atoms with Crippen molar-refractivity contribution in [2.75, 3.05) is 25.1 Å². The van der Waals surface area contributed by atoms with Gasteiger partial charge in [0, 0.05) is 32.1 Å². The predicted molar refractivity (Wildman–Crippen MR) is 203 cm³/mol. The molecule has 272 valence electrons. The fourth-order valence-electron chi connectivity index (χ4n) is 6.03. The van der Waals surface area contributed by atoms with E-state index in [1.54, 1.807) is 25.6 Å². The van der Waals surface area contributed by atoms with Crippen molar-refractivity contribution in [3.8, 4) is 0 Å². The van der Waals surface area contributed by atoms with Gasteiger partial charge >= 0.3 is 5.97 Å². The summed E-state index contributed by atoms with van der Waals surface area (Å²) in [5.74, 6) is -1.28. The van der Waals surface area contributed by atoms with E-state index in [0.717, 1.165) is 21.9 Å². The molecule has 0 spiro atoms. The molecule has 10 nitrogen and oxygen atoms in total. The highest BCUT2D eigenvalue weighted by molar-refractivity contribution is 7.98. The summed E-state index contributed by atoms with van der Waals surface area (Å²) in [5.41, 5.74) is 7.28. The van der Waals surface area contributed by atoms with E-state index >= 15 is 0 Å². The zero-order valence-corrected chi connectivity index (χ0v) is 31.1. The fourth-order valence-corrected chi connectivity index (χ4v) is 6.49. The molecule has 0 aromatic heterocycles. The third-order valence-electron chi connectivity index (χ3n) is 8.70. The van der Waals surface area contributed by atoms with Crippen molar-refractivity contribution >= 4 is 46.2 Å². The van der Waals surface area contributed by atoms with Crippen LogP contribution in [0.4, 0.5) is 0 Å². The summed E-state index contributed by atoms with van der Waals surface area (Å²) in [6.07, 6.45) is 3.75. The summed E-state index contributed by atoms with van der Waals surface area (Å²) in [4.78, 5) is 54.2. The van der Waals surface area contributed by atoms with Crippen LogP contribution in [0.2, 0.25) is 0 Å². The molecule has 3 aromatic carbocycles. The van der Waals surface area contributed by atoms with Gasteiger partial charge in [-0.1, -0.05) is 86.6 Å². The first-order chi connectivity index (χ1) is 23.7. The number of amides is 3. The number of thioether (sulfide) groups is 1. The Bertz CT molecular complexity index is 1570. The second kappa shape index (κ2) is 19.5. The van der Waals surface area contributed by atoms with Crippen LogP contribution >= 0.6 is 11.8 Å². The molecule has 0 fully saturated rings. The average molecular weight is 706 g/mol. The van der Waals surface area contributed by atoms with Crippen molar-refractivity contribution in [2.24, 2.45) is 11.7 Å². The molecule has 0 aliphatic heterocycles. The van der Waals surface area contributed by atoms with Gasteiger partial charge in [-0.15, -0.1) is 0 Å². The first kappa shape index (κ1) is 40.5. The Kier molecular flexibility index (Phi) is 15.8. The van der Waals surface area contributed by atoms with Crippen molar-refractivity contribution in [3.05, 3.63) is 83.9 Å². The zero-order valence-electron chi connectivity index (χ0n) is 30.3. The number of benzene rings is 3. The van der Waals surface area contributed by atoms with Crippen molar-refractivity contribution in [2.45, 2.75) is 90.0 Å². The van der Waals surface area contributed by atoms with E-state index in [0.29, 0.717) is 31.4 Å². The van der Waals surface area contributed by atoms with Crippen molar-refractivity contribution in [1.29, 1.82) is 0 Å². The standard InChI is InChI=1S/C39H55N5O5S/c1-26(2)20-34(37(47)48)41-24-33(23-28-12-8-7-9-13-28)42-38(49)39(4,5)43-36(46)35(18-19-50-6)44(27(3)45)25-32(40)22-29-16-17-30-14-10-11-15-31(30)21-29/h7-17,21,26,32-35,41H,18-20,22-25,40H2,1-6H3,(H,42,49)(H,43,46)(H,47,48). The summed E-state index contributed by atoms with van der Waals surface area (Å²) in [5, 5.41) is 21.1. The number of aliphatic carboxylic acids is 1. The van der Waals surface area contributed by atoms with E-state index < -0.39 is 47.5 Å². The molecule has 0 aliphatic carbocycles. The molecule has 11 heteroatoms. The van der Waals surface area contributed by atoms with Crippen LogP contribution in [0.25, 0.3) is 10.8 Å². The first-order valence-electron chi connectivity index (χ1n) is 17.3. The van der Waals surface area contributed by atoms with Gasteiger partial charge in [0.05, 0.1) is 0 Å². The lowest BCUT2D eigenvalue weighted by atomic mass is 9.99. The van der Waals surface area contributed by atoms with Gasteiger partial charge in [0.15, 0.2) is 0 Å². The van der Waals surface area contributed by atoms with Gasteiger partial charge in [0.25, 0.3) is 0 Å². The maximum atomic E-state index is 14.0. The summed E-state index contributed by atoms with van der Waals surface area (Å²) in [7, 11) is 0. The molecule has 0 bridgehead atoms. The Morgan fingerprint density at radius 3 is 2.20 bits per heavy atom. The highest BCUT2D eigenvalue weighted by Crippen LogP contribution is 2.18. The number of fused-ring (bicyclic) bond motifs is 1. The minimum absolute atomic E-state index is 0.168. The number of nitrogens with zero attached hydrogens (tertiary/aromatic N) is 1. The lowest BCUT2D eigenvalue weighted by molar-refractivity contribution is -0.141. The Morgan fingerprint density at radius 2 is 1.58 bits per heavy atom. The Labute approximate surface area is 301 Å². The van der Waals surface area contributed by atoms with Gasteiger partial charge in [-0.05, 0) is 79.4 Å². The van der Waals surface area contributed by atoms with Gasteiger partial charge in [0.2, 0.25) is 17.7 Å². The van der Waals surface area contributed by atoms with E-state index in [-0.39, 0.29) is 24.9 Å². The monoisotopic (exact) mass is 705 g/mol. The molecule has 0 saturated carbocycles. The third-order valence-corrected chi connectivity index (χ3v) is 9.35. The highest BCUT2D eigenvalue weighted by Gasteiger charge is 2.36. The minimum Gasteiger partial charge on any atom is -0.480 e. The number of hydrogen-bond donors (Lipinski definition) is 5. The maximum Gasteiger partial charge on any atom is 0.320 e. The molecule has 0 aliphatic rings. The van der Waals surface area contributed by atoms with Crippen LogP contribution in [0.1, 0.15) is 58.6 Å². The molecule has 50 heavy (non-hydrogen) atoms. The number of hydrogen-bond acceptors (Lipinski definition) is 7. The van der Waals surface area contributed by atoms with Crippen LogP contribution < -0.4 is 21.7 Å². The Hall–Kier alpha value is -3.93. The summed E-state index contributed by atoms with van der Waals surface area (Å²) in [6.45, 7) is 9.01. The van der Waals surface area contributed by atoms with E-state index in [1.807, 2.05) is 74.7 Å². The third kappa shape index (κ3) is 12.8. The van der Waals surface area contributed by atoms with Gasteiger partial charge in [-0.25, -0.2) is 0 Å². The molecule has 3 aromatic rings.